The number of hydrogen-bond donors (Lipinski definition) is 2. The van der Waals surface area contributed by atoms with Gasteiger partial charge in [0.15, 0.2) is 0 Å². The molecule has 33 heavy (non-hydrogen) atoms. The highest BCUT2D eigenvalue weighted by Gasteiger charge is 2.35. The molecule has 1 saturated heterocycles. The molecule has 0 bridgehead atoms. The van der Waals surface area contributed by atoms with Gasteiger partial charge in [-0.25, -0.2) is 4.79 Å². The normalized spacial score (nSPS) is 16.7. The monoisotopic (exact) mass is 452 g/mol. The van der Waals surface area contributed by atoms with E-state index >= 15 is 0 Å². The summed E-state index contributed by atoms with van der Waals surface area (Å²) < 4.78 is 5.18. The van der Waals surface area contributed by atoms with Gasteiger partial charge in [0, 0.05) is 24.9 Å². The summed E-state index contributed by atoms with van der Waals surface area (Å²) in [5.74, 6) is -0.512. The molecule has 3 rings (SSSR count). The first-order chi connectivity index (χ1) is 15.7. The Morgan fingerprint density at radius 1 is 1.12 bits per heavy atom. The fraction of sp³-hybridized carbons (Fsp3) is 0.440. The summed E-state index contributed by atoms with van der Waals surface area (Å²) in [5.41, 5.74) is 1.19. The zero-order valence-corrected chi connectivity index (χ0v) is 19.4. The van der Waals surface area contributed by atoms with Gasteiger partial charge in [0.25, 0.3) is 0 Å². The van der Waals surface area contributed by atoms with Crippen LogP contribution in [-0.2, 0) is 20.7 Å². The second-order valence-electron chi connectivity index (χ2n) is 9.10. The van der Waals surface area contributed by atoms with Crippen LogP contribution < -0.4 is 10.6 Å². The minimum Gasteiger partial charge on any atom is -0.444 e. The van der Waals surface area contributed by atoms with E-state index < -0.39 is 17.7 Å². The maximum Gasteiger partial charge on any atom is 0.408 e. The van der Waals surface area contributed by atoms with Crippen LogP contribution in [0.25, 0.3) is 0 Å². The van der Waals surface area contributed by atoms with Gasteiger partial charge in [-0.1, -0.05) is 36.4 Å². The molecule has 3 amide bonds. The molecule has 1 aromatic heterocycles. The van der Waals surface area contributed by atoms with E-state index in [-0.39, 0.29) is 24.4 Å². The lowest BCUT2D eigenvalue weighted by Crippen LogP contribution is -2.50. The van der Waals surface area contributed by atoms with Gasteiger partial charge < -0.3 is 20.3 Å². The van der Waals surface area contributed by atoms with E-state index in [1.165, 1.54) is 4.90 Å². The molecule has 1 aliphatic heterocycles. The Hall–Kier alpha value is -3.42. The summed E-state index contributed by atoms with van der Waals surface area (Å²) in [4.78, 5) is 43.8. The number of ether oxygens (including phenoxy) is 1. The second-order valence-corrected chi connectivity index (χ2v) is 9.10. The number of likely N-dealkylation sites (tertiary alicyclic amines) is 1. The number of alkyl carbamates (subject to hydrolysis) is 1. The summed E-state index contributed by atoms with van der Waals surface area (Å²) in [6, 6.07) is 14.6. The third-order valence-electron chi connectivity index (χ3n) is 5.32. The van der Waals surface area contributed by atoms with Crippen LogP contribution in [0.2, 0.25) is 0 Å². The van der Waals surface area contributed by atoms with Crippen LogP contribution in [0.3, 0.4) is 0 Å². The molecule has 1 unspecified atom stereocenters. The highest BCUT2D eigenvalue weighted by molar-refractivity contribution is 5.90. The Morgan fingerprint density at radius 2 is 1.85 bits per heavy atom. The van der Waals surface area contributed by atoms with Gasteiger partial charge >= 0.3 is 6.09 Å². The van der Waals surface area contributed by atoms with E-state index in [1.807, 2.05) is 48.5 Å². The van der Waals surface area contributed by atoms with E-state index in [1.54, 1.807) is 27.0 Å². The molecule has 0 aliphatic carbocycles. The smallest absolute Gasteiger partial charge is 0.408 e. The molecule has 0 radical (unpaired) electrons. The molecule has 1 aliphatic rings. The Labute approximate surface area is 194 Å². The fourth-order valence-electron chi connectivity index (χ4n) is 3.83. The minimum absolute atomic E-state index is 0.206. The third-order valence-corrected chi connectivity index (χ3v) is 5.32. The van der Waals surface area contributed by atoms with Gasteiger partial charge in [-0.3, -0.25) is 14.6 Å². The van der Waals surface area contributed by atoms with E-state index in [4.69, 9.17) is 4.74 Å². The van der Waals surface area contributed by atoms with Crippen molar-refractivity contribution in [3.8, 4) is 0 Å². The molecule has 8 heteroatoms. The number of amides is 3. The van der Waals surface area contributed by atoms with Gasteiger partial charge in [-0.2, -0.15) is 0 Å². The summed E-state index contributed by atoms with van der Waals surface area (Å²) in [6.45, 7) is 5.52. The molecule has 176 valence electrons. The highest BCUT2D eigenvalue weighted by atomic mass is 16.6. The molecule has 1 aromatic carbocycles. The predicted molar refractivity (Wildman–Crippen MR) is 124 cm³/mol. The van der Waals surface area contributed by atoms with Crippen molar-refractivity contribution < 1.29 is 19.1 Å². The highest BCUT2D eigenvalue weighted by Crippen LogP contribution is 2.22. The second kappa shape index (κ2) is 10.9. The molecule has 2 atom stereocenters. The van der Waals surface area contributed by atoms with Crippen molar-refractivity contribution in [3.63, 3.8) is 0 Å². The predicted octanol–water partition coefficient (Wildman–Crippen LogP) is 3.00. The van der Waals surface area contributed by atoms with Crippen molar-refractivity contribution in [2.24, 2.45) is 0 Å². The fourth-order valence-corrected chi connectivity index (χ4v) is 3.83. The molecule has 8 nitrogen and oxygen atoms in total. The molecule has 2 N–H and O–H groups in total. The van der Waals surface area contributed by atoms with E-state index in [2.05, 4.69) is 15.6 Å². The molecule has 2 aromatic rings. The van der Waals surface area contributed by atoms with E-state index in [9.17, 15) is 14.4 Å². The average Bonchev–Trinajstić information content (AvgIpc) is 3.27. The molecule has 1 fully saturated rings. The third kappa shape index (κ3) is 7.30. The largest absolute Gasteiger partial charge is 0.444 e. The number of benzene rings is 1. The summed E-state index contributed by atoms with van der Waals surface area (Å²) in [5, 5.41) is 5.60. The van der Waals surface area contributed by atoms with Gasteiger partial charge in [0.1, 0.15) is 18.2 Å². The van der Waals surface area contributed by atoms with Crippen molar-refractivity contribution in [1.29, 1.82) is 0 Å². The number of carbonyl (C=O) groups is 3. The maximum atomic E-state index is 13.2. The number of aromatic nitrogens is 1. The van der Waals surface area contributed by atoms with Gasteiger partial charge in [-0.05, 0) is 51.3 Å². The van der Waals surface area contributed by atoms with Crippen LogP contribution in [0.5, 0.6) is 0 Å². The topological polar surface area (TPSA) is 101 Å². The van der Waals surface area contributed by atoms with Crippen LogP contribution in [0.15, 0.2) is 54.7 Å². The van der Waals surface area contributed by atoms with Gasteiger partial charge in [0.05, 0.1) is 6.04 Å². The van der Waals surface area contributed by atoms with Crippen molar-refractivity contribution in [2.75, 3.05) is 13.1 Å². The average molecular weight is 453 g/mol. The first-order valence-corrected chi connectivity index (χ1v) is 11.2. The number of hydrogen-bond acceptors (Lipinski definition) is 5. The van der Waals surface area contributed by atoms with Gasteiger partial charge in [-0.15, -0.1) is 0 Å². The Kier molecular flexibility index (Phi) is 8.03. The number of rotatable bonds is 7. The molecular weight excluding hydrogens is 420 g/mol. The maximum absolute atomic E-state index is 13.2. The minimum atomic E-state index is -0.657. The van der Waals surface area contributed by atoms with Crippen LogP contribution in [0.1, 0.15) is 50.9 Å². The summed E-state index contributed by atoms with van der Waals surface area (Å²) in [6.07, 6.45) is 2.92. The van der Waals surface area contributed by atoms with Crippen LogP contribution in [0, 0.1) is 0 Å². The standard InChI is InChI=1S/C25H32N4O4/c1-25(2,3)33-24(32)27-17-22(30)29-15-9-13-21(29)23(31)28-20(18-10-5-4-6-11-18)16-19-12-7-8-14-26-19/h4-8,10-12,14,20-21H,9,13,15-17H2,1-3H3,(H,27,32)(H,28,31)/t20?,21-/m0/s1. The Bertz CT molecular complexity index is 944. The van der Waals surface area contributed by atoms with Gasteiger partial charge in [0.2, 0.25) is 11.8 Å². The lowest BCUT2D eigenvalue weighted by Gasteiger charge is -2.27. The zero-order chi connectivity index (χ0) is 23.8. The summed E-state index contributed by atoms with van der Waals surface area (Å²) in [7, 11) is 0. The lowest BCUT2D eigenvalue weighted by molar-refractivity contribution is -0.138. The lowest BCUT2D eigenvalue weighted by atomic mass is 10.0. The van der Waals surface area contributed by atoms with E-state index in [0.29, 0.717) is 19.4 Å². The first kappa shape index (κ1) is 24.2. The summed E-state index contributed by atoms with van der Waals surface area (Å²) >= 11 is 0. The Morgan fingerprint density at radius 3 is 2.52 bits per heavy atom. The SMILES string of the molecule is CC(C)(C)OC(=O)NCC(=O)N1CCC[C@H]1C(=O)NC(Cc1ccccn1)c1ccccc1. The van der Waals surface area contributed by atoms with Crippen molar-refractivity contribution in [2.45, 2.75) is 57.7 Å². The van der Waals surface area contributed by atoms with Crippen LogP contribution >= 0.6 is 0 Å². The number of nitrogens with one attached hydrogen (secondary N) is 2. The Balaban J connectivity index is 1.64. The number of pyridine rings is 1. The van der Waals surface area contributed by atoms with Crippen molar-refractivity contribution >= 4 is 17.9 Å². The first-order valence-electron chi connectivity index (χ1n) is 11.2. The van der Waals surface area contributed by atoms with Crippen molar-refractivity contribution in [3.05, 3.63) is 66.0 Å². The molecule has 2 heterocycles. The number of nitrogens with zero attached hydrogens (tertiary/aromatic N) is 2. The molecule has 0 saturated carbocycles. The van der Waals surface area contributed by atoms with Crippen molar-refractivity contribution in [1.82, 2.24) is 20.5 Å². The number of carbonyl (C=O) groups excluding carboxylic acids is 3. The zero-order valence-electron chi connectivity index (χ0n) is 19.4. The van der Waals surface area contributed by atoms with Crippen LogP contribution in [-0.4, -0.2) is 52.5 Å². The quantitative estimate of drug-likeness (QED) is 0.673. The van der Waals surface area contributed by atoms with E-state index in [0.717, 1.165) is 17.7 Å². The molecule has 0 spiro atoms. The van der Waals surface area contributed by atoms with Crippen LogP contribution in [0.4, 0.5) is 4.79 Å². The molecular formula is C25H32N4O4.